The third-order valence-corrected chi connectivity index (χ3v) is 2.60. The highest BCUT2D eigenvalue weighted by Gasteiger charge is 2.36. The van der Waals surface area contributed by atoms with Crippen molar-refractivity contribution in [3.05, 3.63) is 0 Å². The number of hydrogen-bond acceptors (Lipinski definition) is 2. The highest BCUT2D eigenvalue weighted by atomic mass is 16.7. The summed E-state index contributed by atoms with van der Waals surface area (Å²) in [4.78, 5) is 0. The zero-order valence-electron chi connectivity index (χ0n) is 8.76. The molecule has 0 bridgehead atoms. The first-order valence-corrected chi connectivity index (χ1v) is 4.70. The van der Waals surface area contributed by atoms with E-state index in [0.29, 0.717) is 12.0 Å². The summed E-state index contributed by atoms with van der Waals surface area (Å²) in [6.07, 6.45) is 0.284. The summed E-state index contributed by atoms with van der Waals surface area (Å²) in [6.45, 7) is 11.5. The molecule has 1 fully saturated rings. The molecular formula is C10H20O2. The Morgan fingerprint density at radius 1 is 1.33 bits per heavy atom. The van der Waals surface area contributed by atoms with Crippen LogP contribution >= 0.6 is 0 Å². The smallest absolute Gasteiger partial charge is 0.160 e. The second-order valence-electron chi connectivity index (χ2n) is 4.69. The van der Waals surface area contributed by atoms with E-state index >= 15 is 0 Å². The first-order chi connectivity index (χ1) is 5.43. The average Bonchev–Trinajstić information content (AvgIpc) is 1.94. The first-order valence-electron chi connectivity index (χ1n) is 4.70. The lowest BCUT2D eigenvalue weighted by molar-refractivity contribution is -0.269. The van der Waals surface area contributed by atoms with E-state index in [1.807, 2.05) is 0 Å². The van der Waals surface area contributed by atoms with E-state index in [4.69, 9.17) is 9.47 Å². The highest BCUT2D eigenvalue weighted by molar-refractivity contribution is 4.79. The zero-order chi connectivity index (χ0) is 9.35. The van der Waals surface area contributed by atoms with Crippen LogP contribution in [0.3, 0.4) is 0 Å². The lowest BCUT2D eigenvalue weighted by atomic mass is 9.87. The van der Waals surface area contributed by atoms with Crippen molar-refractivity contribution in [2.45, 2.75) is 47.0 Å². The van der Waals surface area contributed by atoms with Crippen molar-refractivity contribution < 1.29 is 9.47 Å². The second kappa shape index (κ2) is 3.35. The molecule has 1 rings (SSSR count). The van der Waals surface area contributed by atoms with E-state index in [-0.39, 0.29) is 11.7 Å². The fourth-order valence-electron chi connectivity index (χ4n) is 1.19. The molecule has 1 aliphatic heterocycles. The van der Waals surface area contributed by atoms with Crippen LogP contribution in [0.25, 0.3) is 0 Å². The molecule has 2 unspecified atom stereocenters. The third kappa shape index (κ3) is 1.99. The molecule has 0 N–H and O–H groups in total. The molecule has 72 valence electrons. The maximum Gasteiger partial charge on any atom is 0.160 e. The van der Waals surface area contributed by atoms with E-state index in [9.17, 15) is 0 Å². The van der Waals surface area contributed by atoms with Gasteiger partial charge in [0.1, 0.15) is 0 Å². The Balaban J connectivity index is 2.52. The van der Waals surface area contributed by atoms with Gasteiger partial charge in [-0.15, -0.1) is 0 Å². The molecule has 0 aromatic heterocycles. The molecule has 1 aliphatic rings. The minimum Gasteiger partial charge on any atom is -0.352 e. The second-order valence-corrected chi connectivity index (χ2v) is 4.69. The van der Waals surface area contributed by atoms with Crippen molar-refractivity contribution in [3.8, 4) is 0 Å². The minimum absolute atomic E-state index is 0.00646. The Bertz CT molecular complexity index is 152. The monoisotopic (exact) mass is 172 g/mol. The minimum atomic E-state index is -0.00646. The van der Waals surface area contributed by atoms with Crippen LogP contribution in [-0.2, 0) is 9.47 Å². The van der Waals surface area contributed by atoms with Crippen LogP contribution in [0, 0.1) is 11.3 Å². The van der Waals surface area contributed by atoms with Crippen LogP contribution in [0.1, 0.15) is 34.6 Å². The van der Waals surface area contributed by atoms with Gasteiger partial charge in [0.05, 0.1) is 12.7 Å². The van der Waals surface area contributed by atoms with Crippen molar-refractivity contribution in [2.75, 3.05) is 6.61 Å². The highest BCUT2D eigenvalue weighted by Crippen LogP contribution is 2.31. The Kier molecular flexibility index (Phi) is 2.79. The summed E-state index contributed by atoms with van der Waals surface area (Å²) in [5.41, 5.74) is 0.158. The molecule has 2 atom stereocenters. The first kappa shape index (κ1) is 10.0. The molecule has 0 aromatic carbocycles. The summed E-state index contributed by atoms with van der Waals surface area (Å²) in [5, 5.41) is 0. The van der Waals surface area contributed by atoms with Gasteiger partial charge in [-0.3, -0.25) is 0 Å². The fraction of sp³-hybridized carbons (Fsp3) is 1.00. The van der Waals surface area contributed by atoms with E-state index in [0.717, 1.165) is 6.61 Å². The van der Waals surface area contributed by atoms with E-state index < -0.39 is 0 Å². The van der Waals surface area contributed by atoms with Gasteiger partial charge in [0, 0.05) is 11.3 Å². The summed E-state index contributed by atoms with van der Waals surface area (Å²) >= 11 is 0. The Hall–Kier alpha value is -0.0800. The van der Waals surface area contributed by atoms with Crippen molar-refractivity contribution in [2.24, 2.45) is 11.3 Å². The molecule has 12 heavy (non-hydrogen) atoms. The Labute approximate surface area is 75.2 Å². The van der Waals surface area contributed by atoms with Crippen LogP contribution in [-0.4, -0.2) is 19.0 Å². The average molecular weight is 172 g/mol. The van der Waals surface area contributed by atoms with Gasteiger partial charge < -0.3 is 9.47 Å². The molecule has 0 saturated carbocycles. The topological polar surface area (TPSA) is 18.5 Å². The maximum atomic E-state index is 5.74. The van der Waals surface area contributed by atoms with Gasteiger partial charge in [0.25, 0.3) is 0 Å². The predicted octanol–water partition coefficient (Wildman–Crippen LogP) is 2.43. The molecule has 0 spiro atoms. The van der Waals surface area contributed by atoms with Gasteiger partial charge >= 0.3 is 0 Å². The largest absolute Gasteiger partial charge is 0.352 e. The van der Waals surface area contributed by atoms with Gasteiger partial charge in [-0.1, -0.05) is 27.7 Å². The molecule has 0 aromatic rings. The van der Waals surface area contributed by atoms with Crippen molar-refractivity contribution in [1.82, 2.24) is 0 Å². The standard InChI is InChI=1S/C10H20O2/c1-7(2)9-11-6-10(4,5)8(3)12-9/h7-9H,6H2,1-5H3. The van der Waals surface area contributed by atoms with Gasteiger partial charge in [-0.2, -0.15) is 0 Å². The van der Waals surface area contributed by atoms with E-state index in [1.165, 1.54) is 0 Å². The Morgan fingerprint density at radius 3 is 2.33 bits per heavy atom. The molecule has 0 radical (unpaired) electrons. The number of hydrogen-bond donors (Lipinski definition) is 0. The van der Waals surface area contributed by atoms with Crippen LogP contribution < -0.4 is 0 Å². The van der Waals surface area contributed by atoms with Gasteiger partial charge in [0.15, 0.2) is 6.29 Å². The van der Waals surface area contributed by atoms with Crippen LogP contribution in [0.2, 0.25) is 0 Å². The van der Waals surface area contributed by atoms with Crippen LogP contribution in [0.15, 0.2) is 0 Å². The predicted molar refractivity (Wildman–Crippen MR) is 48.9 cm³/mol. The van der Waals surface area contributed by atoms with Crippen molar-refractivity contribution in [3.63, 3.8) is 0 Å². The zero-order valence-corrected chi connectivity index (χ0v) is 8.76. The maximum absolute atomic E-state index is 5.74. The molecule has 0 amide bonds. The van der Waals surface area contributed by atoms with Gasteiger partial charge in [0.2, 0.25) is 0 Å². The van der Waals surface area contributed by atoms with Gasteiger partial charge in [-0.05, 0) is 6.92 Å². The molecule has 2 nitrogen and oxygen atoms in total. The molecular weight excluding hydrogens is 152 g/mol. The van der Waals surface area contributed by atoms with Crippen LogP contribution in [0.5, 0.6) is 0 Å². The third-order valence-electron chi connectivity index (χ3n) is 2.60. The van der Waals surface area contributed by atoms with Gasteiger partial charge in [-0.25, -0.2) is 0 Å². The lowest BCUT2D eigenvalue weighted by Crippen LogP contribution is -2.45. The number of rotatable bonds is 1. The SMILES string of the molecule is CC(C)C1OCC(C)(C)C(C)O1. The summed E-state index contributed by atoms with van der Waals surface area (Å²) in [5.74, 6) is 0.448. The van der Waals surface area contributed by atoms with E-state index in [1.54, 1.807) is 0 Å². The number of ether oxygens (including phenoxy) is 2. The summed E-state index contributed by atoms with van der Waals surface area (Å²) in [6, 6.07) is 0. The normalized spacial score (nSPS) is 35.5. The molecule has 2 heteroatoms. The van der Waals surface area contributed by atoms with E-state index in [2.05, 4.69) is 34.6 Å². The fourth-order valence-corrected chi connectivity index (χ4v) is 1.19. The molecule has 1 saturated heterocycles. The summed E-state index contributed by atoms with van der Waals surface area (Å²) < 4.78 is 11.3. The van der Waals surface area contributed by atoms with Crippen molar-refractivity contribution in [1.29, 1.82) is 0 Å². The summed E-state index contributed by atoms with van der Waals surface area (Å²) in [7, 11) is 0. The Morgan fingerprint density at radius 2 is 1.92 bits per heavy atom. The molecule has 1 heterocycles. The van der Waals surface area contributed by atoms with Crippen molar-refractivity contribution >= 4 is 0 Å². The quantitative estimate of drug-likeness (QED) is 0.604. The molecule has 0 aliphatic carbocycles. The lowest BCUT2D eigenvalue weighted by Gasteiger charge is -2.41. The van der Waals surface area contributed by atoms with Crippen LogP contribution in [0.4, 0.5) is 0 Å².